The lowest BCUT2D eigenvalue weighted by Crippen LogP contribution is -2.58. The third-order valence-corrected chi connectivity index (χ3v) is 5.73. The molecule has 4 heteroatoms. The minimum Gasteiger partial charge on any atom is -0.219 e. The van der Waals surface area contributed by atoms with Gasteiger partial charge < -0.3 is 0 Å². The van der Waals surface area contributed by atoms with Crippen molar-refractivity contribution >= 4 is 11.6 Å². The highest BCUT2D eigenvalue weighted by atomic mass is 35.5. The van der Waals surface area contributed by atoms with Gasteiger partial charge in [0.25, 0.3) is 5.13 Å². The Bertz CT molecular complexity index is 238. The fourth-order valence-electron chi connectivity index (χ4n) is 2.15. The molecule has 0 saturated heterocycles. The molecule has 0 nitrogen and oxygen atoms in total. The van der Waals surface area contributed by atoms with Gasteiger partial charge in [-0.3, -0.25) is 0 Å². The molecule has 0 amide bonds. The molecule has 0 aromatic rings. The van der Waals surface area contributed by atoms with Gasteiger partial charge in [-0.1, -0.05) is 53.1 Å². The third-order valence-electron chi connectivity index (χ3n) is 5.03. The molecule has 0 aromatic heterocycles. The lowest BCUT2D eigenvalue weighted by atomic mass is 9.67. The Labute approximate surface area is 114 Å². The van der Waals surface area contributed by atoms with Gasteiger partial charge in [-0.25, -0.2) is 13.2 Å². The van der Waals surface area contributed by atoms with E-state index in [1.54, 1.807) is 27.7 Å². The summed E-state index contributed by atoms with van der Waals surface area (Å²) >= 11 is 5.76. The third kappa shape index (κ3) is 2.39. The van der Waals surface area contributed by atoms with Gasteiger partial charge in [0.05, 0.1) is 0 Å². The van der Waals surface area contributed by atoms with Crippen LogP contribution in [-0.4, -0.2) is 11.1 Å². The second-order valence-electron chi connectivity index (χ2n) is 5.68. The first-order valence-electron chi connectivity index (χ1n) is 6.75. The van der Waals surface area contributed by atoms with Crippen LogP contribution in [0.15, 0.2) is 0 Å². The SMILES string of the molecule is CCC(C)(CC)C(F)(F)[C@](F)(Cl)C(C)(CC)CC. The molecule has 1 atom stereocenters. The van der Waals surface area contributed by atoms with Gasteiger partial charge in [0, 0.05) is 10.8 Å². The average molecular weight is 287 g/mol. The van der Waals surface area contributed by atoms with E-state index in [0.29, 0.717) is 0 Å². The van der Waals surface area contributed by atoms with Crippen molar-refractivity contribution in [3.05, 3.63) is 0 Å². The van der Waals surface area contributed by atoms with Crippen LogP contribution in [0.25, 0.3) is 0 Å². The summed E-state index contributed by atoms with van der Waals surface area (Å²) in [5.74, 6) is -3.56. The summed E-state index contributed by atoms with van der Waals surface area (Å²) in [4.78, 5) is 0. The molecule has 0 aliphatic carbocycles. The Morgan fingerprint density at radius 1 is 0.722 bits per heavy atom. The van der Waals surface area contributed by atoms with Crippen molar-refractivity contribution in [3.63, 3.8) is 0 Å². The molecule has 0 radical (unpaired) electrons. The van der Waals surface area contributed by atoms with Crippen LogP contribution in [0.2, 0.25) is 0 Å². The van der Waals surface area contributed by atoms with Crippen molar-refractivity contribution in [2.45, 2.75) is 78.3 Å². The van der Waals surface area contributed by atoms with Crippen molar-refractivity contribution < 1.29 is 13.2 Å². The van der Waals surface area contributed by atoms with E-state index < -0.39 is 21.9 Å². The zero-order valence-corrected chi connectivity index (χ0v) is 13.1. The lowest BCUT2D eigenvalue weighted by molar-refractivity contribution is -0.218. The molecule has 0 aliphatic heterocycles. The predicted molar refractivity (Wildman–Crippen MR) is 72.0 cm³/mol. The summed E-state index contributed by atoms with van der Waals surface area (Å²) < 4.78 is 44.0. The van der Waals surface area contributed by atoms with Crippen LogP contribution < -0.4 is 0 Å². The molecule has 0 saturated carbocycles. The highest BCUT2D eigenvalue weighted by Gasteiger charge is 2.68. The van der Waals surface area contributed by atoms with Gasteiger partial charge in [0.1, 0.15) is 0 Å². The van der Waals surface area contributed by atoms with Crippen LogP contribution >= 0.6 is 11.6 Å². The lowest BCUT2D eigenvalue weighted by Gasteiger charge is -2.48. The van der Waals surface area contributed by atoms with E-state index in [4.69, 9.17) is 11.6 Å². The van der Waals surface area contributed by atoms with Crippen LogP contribution in [-0.2, 0) is 0 Å². The molecule has 0 bridgehead atoms. The zero-order chi connectivity index (χ0) is 14.8. The number of alkyl halides is 4. The largest absolute Gasteiger partial charge is 0.300 e. The molecule has 0 aromatic carbocycles. The highest BCUT2D eigenvalue weighted by molar-refractivity contribution is 6.24. The smallest absolute Gasteiger partial charge is 0.219 e. The molecule has 0 fully saturated rings. The number of halogens is 4. The predicted octanol–water partition coefficient (Wildman–Crippen LogP) is 6.18. The van der Waals surface area contributed by atoms with E-state index in [1.165, 1.54) is 13.8 Å². The molecule has 0 heterocycles. The maximum absolute atomic E-state index is 14.8. The van der Waals surface area contributed by atoms with Crippen molar-refractivity contribution in [2.24, 2.45) is 10.8 Å². The van der Waals surface area contributed by atoms with Crippen LogP contribution in [0.4, 0.5) is 13.2 Å². The standard InChI is InChI=1S/C14H26ClF3/c1-7-11(5,8-2)13(15,16)14(17,18)12(6,9-3)10-4/h7-10H2,1-6H3/t13-/m0/s1. The van der Waals surface area contributed by atoms with E-state index in [0.717, 1.165) is 0 Å². The molecule has 0 spiro atoms. The average Bonchev–Trinajstić information content (AvgIpc) is 2.35. The second-order valence-corrected chi connectivity index (χ2v) is 6.21. The minimum atomic E-state index is -3.56. The van der Waals surface area contributed by atoms with E-state index in [1.807, 2.05) is 0 Å². The quantitative estimate of drug-likeness (QED) is 0.490. The zero-order valence-electron chi connectivity index (χ0n) is 12.3. The molecule has 0 N–H and O–H groups in total. The number of rotatable bonds is 7. The van der Waals surface area contributed by atoms with Crippen LogP contribution in [0, 0.1) is 10.8 Å². The summed E-state index contributed by atoms with van der Waals surface area (Å²) in [6, 6.07) is 0. The van der Waals surface area contributed by atoms with Gasteiger partial charge in [0.2, 0.25) is 0 Å². The van der Waals surface area contributed by atoms with Crippen molar-refractivity contribution in [2.75, 3.05) is 0 Å². The summed E-state index contributed by atoms with van der Waals surface area (Å²) in [5.41, 5.74) is -2.65. The van der Waals surface area contributed by atoms with Crippen molar-refractivity contribution in [3.8, 4) is 0 Å². The van der Waals surface area contributed by atoms with E-state index in [-0.39, 0.29) is 25.7 Å². The van der Waals surface area contributed by atoms with Crippen molar-refractivity contribution in [1.82, 2.24) is 0 Å². The number of hydrogen-bond acceptors (Lipinski definition) is 0. The summed E-state index contributed by atoms with van der Waals surface area (Å²) in [5, 5.41) is -3.02. The van der Waals surface area contributed by atoms with E-state index >= 15 is 0 Å². The van der Waals surface area contributed by atoms with Gasteiger partial charge in [0.15, 0.2) is 0 Å². The fraction of sp³-hybridized carbons (Fsp3) is 1.00. The molecule has 0 aliphatic rings. The fourth-order valence-corrected chi connectivity index (χ4v) is 2.64. The van der Waals surface area contributed by atoms with Gasteiger partial charge in [-0.05, 0) is 25.7 Å². The molecule has 18 heavy (non-hydrogen) atoms. The van der Waals surface area contributed by atoms with Crippen LogP contribution in [0.3, 0.4) is 0 Å². The number of hydrogen-bond donors (Lipinski definition) is 0. The van der Waals surface area contributed by atoms with E-state index in [9.17, 15) is 13.2 Å². The first-order chi connectivity index (χ1) is 7.99. The second kappa shape index (κ2) is 5.60. The Kier molecular flexibility index (Phi) is 5.63. The maximum Gasteiger partial charge on any atom is 0.300 e. The van der Waals surface area contributed by atoms with Gasteiger partial charge in [-0.2, -0.15) is 0 Å². The topological polar surface area (TPSA) is 0 Å². The molecular weight excluding hydrogens is 261 g/mol. The van der Waals surface area contributed by atoms with Crippen LogP contribution in [0.1, 0.15) is 67.2 Å². The van der Waals surface area contributed by atoms with Crippen molar-refractivity contribution in [1.29, 1.82) is 0 Å². The Morgan fingerprint density at radius 2 is 1.00 bits per heavy atom. The Hall–Kier alpha value is 0.0800. The normalized spacial score (nSPS) is 17.7. The van der Waals surface area contributed by atoms with E-state index in [2.05, 4.69) is 0 Å². The Balaban J connectivity index is 5.71. The molecule has 110 valence electrons. The minimum absolute atomic E-state index is 0.193. The van der Waals surface area contributed by atoms with Gasteiger partial charge in [-0.15, -0.1) is 0 Å². The molecule has 0 unspecified atom stereocenters. The Morgan fingerprint density at radius 3 is 1.22 bits per heavy atom. The first kappa shape index (κ1) is 18.1. The summed E-state index contributed by atoms with van der Waals surface area (Å²) in [6.45, 7) is 9.62. The summed E-state index contributed by atoms with van der Waals surface area (Å²) in [7, 11) is 0. The summed E-state index contributed by atoms with van der Waals surface area (Å²) in [6.07, 6.45) is 0.946. The van der Waals surface area contributed by atoms with Crippen LogP contribution in [0.5, 0.6) is 0 Å². The monoisotopic (exact) mass is 286 g/mol. The molecule has 0 rings (SSSR count). The van der Waals surface area contributed by atoms with Gasteiger partial charge >= 0.3 is 5.92 Å². The maximum atomic E-state index is 14.8. The first-order valence-corrected chi connectivity index (χ1v) is 7.13. The highest BCUT2D eigenvalue weighted by Crippen LogP contribution is 2.60. The molecular formula is C14H26ClF3.